The highest BCUT2D eigenvalue weighted by molar-refractivity contribution is 7.90. The monoisotopic (exact) mass is 443 g/mol. The molecule has 4 heterocycles. The van der Waals surface area contributed by atoms with Crippen molar-refractivity contribution in [2.24, 2.45) is 0 Å². The van der Waals surface area contributed by atoms with E-state index < -0.39 is 9.84 Å². The molecule has 1 atom stereocenters. The summed E-state index contributed by atoms with van der Waals surface area (Å²) in [4.78, 5) is 32.6. The first-order valence-electron chi connectivity index (χ1n) is 9.51. The molecule has 0 saturated carbocycles. The van der Waals surface area contributed by atoms with Gasteiger partial charge in [0.25, 0.3) is 5.91 Å². The Bertz CT molecular complexity index is 1180. The quantitative estimate of drug-likeness (QED) is 0.610. The maximum Gasteiger partial charge on any atom is 0.265 e. The number of aryl methyl sites for hydroxylation is 1. The highest BCUT2D eigenvalue weighted by atomic mass is 32.2. The zero-order valence-electron chi connectivity index (χ0n) is 16.6. The van der Waals surface area contributed by atoms with E-state index in [1.807, 2.05) is 6.92 Å². The van der Waals surface area contributed by atoms with Crippen LogP contribution in [0.15, 0.2) is 41.1 Å². The molecule has 0 spiro atoms. The van der Waals surface area contributed by atoms with E-state index in [9.17, 15) is 13.2 Å². The highest BCUT2D eigenvalue weighted by Crippen LogP contribution is 2.32. The summed E-state index contributed by atoms with van der Waals surface area (Å²) in [5.74, 6) is 0.190. The van der Waals surface area contributed by atoms with Crippen LogP contribution in [0.25, 0.3) is 11.4 Å². The predicted molar refractivity (Wildman–Crippen MR) is 113 cm³/mol. The second-order valence-electron chi connectivity index (χ2n) is 7.31. The number of thiazole rings is 1. The van der Waals surface area contributed by atoms with Gasteiger partial charge in [-0.2, -0.15) is 0 Å². The summed E-state index contributed by atoms with van der Waals surface area (Å²) >= 11 is 1.33. The van der Waals surface area contributed by atoms with Crippen molar-refractivity contribution in [3.8, 4) is 11.4 Å². The molecule has 4 rings (SSSR count). The molecular weight excluding hydrogens is 422 g/mol. The van der Waals surface area contributed by atoms with Gasteiger partial charge in [0, 0.05) is 49.4 Å². The van der Waals surface area contributed by atoms with Gasteiger partial charge >= 0.3 is 0 Å². The number of carbonyl (C=O) groups excluding carboxylic acids is 1. The average Bonchev–Trinajstić information content (AvgIpc) is 3.18. The first-order chi connectivity index (χ1) is 14.3. The fourth-order valence-corrected chi connectivity index (χ4v) is 5.24. The summed E-state index contributed by atoms with van der Waals surface area (Å²) in [5.41, 5.74) is 3.61. The first-order valence-corrected chi connectivity index (χ1v) is 12.3. The lowest BCUT2D eigenvalue weighted by Gasteiger charge is -2.33. The van der Waals surface area contributed by atoms with Gasteiger partial charge in [-0.15, -0.1) is 11.3 Å². The molecule has 3 aromatic rings. The number of likely N-dealkylation sites (tertiary alicyclic amines) is 1. The minimum Gasteiger partial charge on any atom is -0.337 e. The lowest BCUT2D eigenvalue weighted by atomic mass is 9.94. The van der Waals surface area contributed by atoms with Crippen LogP contribution in [-0.4, -0.2) is 58.5 Å². The third kappa shape index (κ3) is 4.10. The van der Waals surface area contributed by atoms with Crippen molar-refractivity contribution >= 4 is 27.1 Å². The van der Waals surface area contributed by atoms with E-state index in [1.54, 1.807) is 34.9 Å². The van der Waals surface area contributed by atoms with Crippen LogP contribution in [0, 0.1) is 6.92 Å². The molecule has 0 radical (unpaired) electrons. The van der Waals surface area contributed by atoms with Crippen LogP contribution >= 0.6 is 11.3 Å². The number of amides is 1. The molecule has 3 aromatic heterocycles. The SMILES string of the molecule is Cc1ncsc1C(=O)N1CCCC(c2nc(-c3ccncc3)ncc2S(C)(=O)=O)C1. The molecule has 30 heavy (non-hydrogen) atoms. The molecule has 1 fully saturated rings. The smallest absolute Gasteiger partial charge is 0.265 e. The number of aromatic nitrogens is 4. The summed E-state index contributed by atoms with van der Waals surface area (Å²) in [6, 6.07) is 3.56. The van der Waals surface area contributed by atoms with E-state index in [2.05, 4.69) is 19.9 Å². The van der Waals surface area contributed by atoms with Crippen LogP contribution in [0.3, 0.4) is 0 Å². The van der Waals surface area contributed by atoms with E-state index in [0.717, 1.165) is 24.7 Å². The number of sulfone groups is 1. The number of piperidine rings is 1. The van der Waals surface area contributed by atoms with Crippen molar-refractivity contribution in [3.05, 3.63) is 52.5 Å². The molecule has 0 aliphatic carbocycles. The standard InChI is InChI=1S/C20H21N5O3S2/c1-13-18(29-12-23-13)20(26)25-9-3-4-15(11-25)17-16(30(2,27)28)10-22-19(24-17)14-5-7-21-8-6-14/h5-8,10,12,15H,3-4,9,11H2,1-2H3. The predicted octanol–water partition coefficient (Wildman–Crippen LogP) is 2.73. The summed E-state index contributed by atoms with van der Waals surface area (Å²) in [6.45, 7) is 2.85. The molecule has 0 N–H and O–H groups in total. The fourth-order valence-electron chi connectivity index (χ4n) is 3.64. The molecule has 156 valence electrons. The lowest BCUT2D eigenvalue weighted by molar-refractivity contribution is 0.0709. The van der Waals surface area contributed by atoms with E-state index >= 15 is 0 Å². The van der Waals surface area contributed by atoms with Crippen LogP contribution in [0.2, 0.25) is 0 Å². The zero-order valence-corrected chi connectivity index (χ0v) is 18.3. The van der Waals surface area contributed by atoms with Crippen LogP contribution in [0.4, 0.5) is 0 Å². The normalized spacial score (nSPS) is 17.1. The van der Waals surface area contributed by atoms with Gasteiger partial charge in [0.05, 0.1) is 16.9 Å². The topological polar surface area (TPSA) is 106 Å². The number of nitrogens with zero attached hydrogens (tertiary/aromatic N) is 5. The Kier molecular flexibility index (Phi) is 5.61. The van der Waals surface area contributed by atoms with Gasteiger partial charge in [-0.05, 0) is 31.9 Å². The minimum atomic E-state index is -3.52. The number of carbonyl (C=O) groups is 1. The molecule has 8 nitrogen and oxygen atoms in total. The summed E-state index contributed by atoms with van der Waals surface area (Å²) in [7, 11) is -3.52. The van der Waals surface area contributed by atoms with Crippen molar-refractivity contribution in [2.45, 2.75) is 30.6 Å². The van der Waals surface area contributed by atoms with Crippen molar-refractivity contribution in [3.63, 3.8) is 0 Å². The Balaban J connectivity index is 1.71. The van der Waals surface area contributed by atoms with Crippen LogP contribution in [-0.2, 0) is 9.84 Å². The molecule has 1 aliphatic heterocycles. The van der Waals surface area contributed by atoms with Gasteiger partial charge < -0.3 is 4.90 Å². The maximum absolute atomic E-state index is 13.0. The molecule has 1 aliphatic rings. The van der Waals surface area contributed by atoms with Gasteiger partial charge in [-0.25, -0.2) is 23.4 Å². The van der Waals surface area contributed by atoms with Crippen molar-refractivity contribution in [2.75, 3.05) is 19.3 Å². The van der Waals surface area contributed by atoms with Gasteiger partial charge in [0.2, 0.25) is 0 Å². The Morgan fingerprint density at radius 1 is 1.23 bits per heavy atom. The third-order valence-electron chi connectivity index (χ3n) is 5.16. The van der Waals surface area contributed by atoms with Crippen molar-refractivity contribution in [1.82, 2.24) is 24.8 Å². The highest BCUT2D eigenvalue weighted by Gasteiger charge is 2.31. The van der Waals surface area contributed by atoms with E-state index in [1.165, 1.54) is 17.5 Å². The van der Waals surface area contributed by atoms with Crippen molar-refractivity contribution < 1.29 is 13.2 Å². The molecule has 1 amide bonds. The number of pyridine rings is 1. The average molecular weight is 444 g/mol. The first kappa shape index (κ1) is 20.5. The second kappa shape index (κ2) is 8.19. The summed E-state index contributed by atoms with van der Waals surface area (Å²) in [6.07, 6.45) is 7.34. The number of hydrogen-bond acceptors (Lipinski definition) is 8. The maximum atomic E-state index is 13.0. The largest absolute Gasteiger partial charge is 0.337 e. The Morgan fingerprint density at radius 2 is 2.00 bits per heavy atom. The summed E-state index contributed by atoms with van der Waals surface area (Å²) in [5, 5.41) is 0. The molecule has 0 aromatic carbocycles. The van der Waals surface area contributed by atoms with E-state index in [-0.39, 0.29) is 16.7 Å². The molecule has 1 unspecified atom stereocenters. The van der Waals surface area contributed by atoms with Crippen LogP contribution in [0.5, 0.6) is 0 Å². The van der Waals surface area contributed by atoms with Gasteiger partial charge in [0.15, 0.2) is 15.7 Å². The number of rotatable bonds is 4. The van der Waals surface area contributed by atoms with Crippen LogP contribution in [0.1, 0.15) is 39.8 Å². The Hall–Kier alpha value is -2.72. The van der Waals surface area contributed by atoms with Gasteiger partial charge in [0.1, 0.15) is 9.77 Å². The second-order valence-corrected chi connectivity index (χ2v) is 10.1. The Labute approximate surface area is 179 Å². The molecule has 0 bridgehead atoms. The number of hydrogen-bond donors (Lipinski definition) is 0. The molecule has 10 heteroatoms. The lowest BCUT2D eigenvalue weighted by Crippen LogP contribution is -2.39. The van der Waals surface area contributed by atoms with Gasteiger partial charge in [-0.1, -0.05) is 0 Å². The van der Waals surface area contributed by atoms with Gasteiger partial charge in [-0.3, -0.25) is 9.78 Å². The van der Waals surface area contributed by atoms with Crippen molar-refractivity contribution in [1.29, 1.82) is 0 Å². The van der Waals surface area contributed by atoms with Crippen LogP contribution < -0.4 is 0 Å². The fraction of sp³-hybridized carbons (Fsp3) is 0.350. The minimum absolute atomic E-state index is 0.0657. The molecule has 1 saturated heterocycles. The third-order valence-corrected chi connectivity index (χ3v) is 7.19. The van der Waals surface area contributed by atoms with E-state index in [4.69, 9.17) is 0 Å². The summed E-state index contributed by atoms with van der Waals surface area (Å²) < 4.78 is 24.8. The zero-order chi connectivity index (χ0) is 21.3. The Morgan fingerprint density at radius 3 is 2.67 bits per heavy atom. The van der Waals surface area contributed by atoms with E-state index in [0.29, 0.717) is 35.2 Å². The molecular formula is C20H21N5O3S2.